The Morgan fingerprint density at radius 3 is 1.38 bits per heavy atom. The normalized spacial score (nSPS) is 26.4. The summed E-state index contributed by atoms with van der Waals surface area (Å²) in [5.41, 5.74) is 2.39. The number of rotatable bonds is 3. The number of hydrogen-bond acceptors (Lipinski definition) is 6. The summed E-state index contributed by atoms with van der Waals surface area (Å²) in [5, 5.41) is 24.0. The van der Waals surface area contributed by atoms with Gasteiger partial charge in [-0.05, 0) is 62.7 Å². The zero-order valence-electron chi connectivity index (χ0n) is 14.7. The molecule has 26 heavy (non-hydrogen) atoms. The second-order valence-electron chi connectivity index (χ2n) is 6.74. The molecule has 2 aromatic heterocycles. The topological polar surface area (TPSA) is 75.6 Å². The van der Waals surface area contributed by atoms with E-state index in [1.165, 1.54) is 0 Å². The van der Waals surface area contributed by atoms with Crippen LogP contribution in [-0.2, 0) is 11.1 Å². The van der Waals surface area contributed by atoms with Crippen LogP contribution in [0.1, 0.15) is 25.2 Å². The molecule has 2 unspecified atom stereocenters. The van der Waals surface area contributed by atoms with Crippen molar-refractivity contribution in [2.75, 3.05) is 0 Å². The van der Waals surface area contributed by atoms with Crippen molar-refractivity contribution in [3.8, 4) is 11.4 Å². The third kappa shape index (κ3) is 2.90. The van der Waals surface area contributed by atoms with E-state index in [1.807, 2.05) is 61.0 Å². The van der Waals surface area contributed by atoms with Crippen LogP contribution in [0, 0.1) is 0 Å². The Balaban J connectivity index is 1.57. The molecule has 0 aliphatic carbocycles. The van der Waals surface area contributed by atoms with Gasteiger partial charge in [0.05, 0.1) is 22.5 Å². The molecular formula is C20H20N6. The largest absolute Gasteiger partial charge is 0.377 e. The molecule has 6 nitrogen and oxygen atoms in total. The standard InChI is InChI=1S/C20H20N6/c1-19(11-3-5-13-21-19)17-9-7-15(23-25-17)16-8-10-18(26-24-16)20(2)12-4-6-14-22-20/h3-14,21-22H,1-2H3. The van der Waals surface area contributed by atoms with Gasteiger partial charge in [-0.3, -0.25) is 0 Å². The molecule has 130 valence electrons. The van der Waals surface area contributed by atoms with Gasteiger partial charge in [0.1, 0.15) is 11.4 Å². The lowest BCUT2D eigenvalue weighted by atomic mass is 9.95. The van der Waals surface area contributed by atoms with Gasteiger partial charge in [-0.15, -0.1) is 10.2 Å². The fraction of sp³-hybridized carbons (Fsp3) is 0.200. The van der Waals surface area contributed by atoms with Crippen molar-refractivity contribution in [1.29, 1.82) is 0 Å². The fourth-order valence-corrected chi connectivity index (χ4v) is 2.96. The summed E-state index contributed by atoms with van der Waals surface area (Å²) in [6.45, 7) is 4.12. The lowest BCUT2D eigenvalue weighted by molar-refractivity contribution is 0.499. The monoisotopic (exact) mass is 344 g/mol. The highest BCUT2D eigenvalue weighted by atomic mass is 15.2. The first-order valence-electron chi connectivity index (χ1n) is 8.52. The van der Waals surface area contributed by atoms with E-state index in [-0.39, 0.29) is 11.1 Å². The Kier molecular flexibility index (Phi) is 3.88. The Morgan fingerprint density at radius 1 is 0.615 bits per heavy atom. The van der Waals surface area contributed by atoms with Gasteiger partial charge >= 0.3 is 0 Å². The van der Waals surface area contributed by atoms with Crippen LogP contribution in [0.3, 0.4) is 0 Å². The average Bonchev–Trinajstić information content (AvgIpc) is 2.69. The van der Waals surface area contributed by atoms with Gasteiger partial charge in [-0.1, -0.05) is 24.3 Å². The molecular weight excluding hydrogens is 324 g/mol. The lowest BCUT2D eigenvalue weighted by Gasteiger charge is -2.27. The van der Waals surface area contributed by atoms with Crippen LogP contribution in [-0.4, -0.2) is 20.4 Å². The Labute approximate surface area is 152 Å². The van der Waals surface area contributed by atoms with Crippen molar-refractivity contribution in [3.05, 3.63) is 84.5 Å². The minimum Gasteiger partial charge on any atom is -0.377 e. The molecule has 2 N–H and O–H groups in total. The van der Waals surface area contributed by atoms with Crippen molar-refractivity contribution in [3.63, 3.8) is 0 Å². The predicted molar refractivity (Wildman–Crippen MR) is 101 cm³/mol. The predicted octanol–water partition coefficient (Wildman–Crippen LogP) is 2.71. The van der Waals surface area contributed by atoms with Crippen LogP contribution in [0.5, 0.6) is 0 Å². The summed E-state index contributed by atoms with van der Waals surface area (Å²) in [5.74, 6) is 0. The van der Waals surface area contributed by atoms with Gasteiger partial charge in [0.15, 0.2) is 0 Å². The van der Waals surface area contributed by atoms with E-state index in [0.717, 1.165) is 11.4 Å². The maximum atomic E-state index is 4.38. The van der Waals surface area contributed by atoms with Gasteiger partial charge in [-0.2, -0.15) is 10.2 Å². The molecule has 2 aliphatic rings. The maximum Gasteiger partial charge on any atom is 0.113 e. The van der Waals surface area contributed by atoms with Gasteiger partial charge in [0, 0.05) is 0 Å². The highest BCUT2D eigenvalue weighted by Gasteiger charge is 2.26. The van der Waals surface area contributed by atoms with Gasteiger partial charge < -0.3 is 10.6 Å². The first-order chi connectivity index (χ1) is 12.6. The van der Waals surface area contributed by atoms with E-state index in [9.17, 15) is 0 Å². The quantitative estimate of drug-likeness (QED) is 0.892. The van der Waals surface area contributed by atoms with Crippen molar-refractivity contribution >= 4 is 0 Å². The number of allylic oxidation sites excluding steroid dienone is 4. The first-order valence-corrected chi connectivity index (χ1v) is 8.52. The van der Waals surface area contributed by atoms with E-state index >= 15 is 0 Å². The van der Waals surface area contributed by atoms with Crippen molar-refractivity contribution in [1.82, 2.24) is 31.0 Å². The summed E-state index contributed by atoms with van der Waals surface area (Å²) in [6, 6.07) is 7.78. The third-order valence-corrected chi connectivity index (χ3v) is 4.70. The summed E-state index contributed by atoms with van der Waals surface area (Å²) in [6.07, 6.45) is 15.8. The number of nitrogens with zero attached hydrogens (tertiary/aromatic N) is 4. The Morgan fingerprint density at radius 2 is 1.08 bits per heavy atom. The number of dihydropyridines is 2. The molecule has 0 radical (unpaired) electrons. The van der Waals surface area contributed by atoms with Crippen molar-refractivity contribution in [2.45, 2.75) is 24.9 Å². The van der Waals surface area contributed by atoms with Crippen LogP contribution in [0.15, 0.2) is 73.1 Å². The first kappa shape index (κ1) is 16.2. The average molecular weight is 344 g/mol. The minimum atomic E-state index is -0.350. The molecule has 4 rings (SSSR count). The molecule has 0 spiro atoms. The fourth-order valence-electron chi connectivity index (χ4n) is 2.96. The molecule has 0 bridgehead atoms. The van der Waals surface area contributed by atoms with E-state index in [2.05, 4.69) is 57.0 Å². The van der Waals surface area contributed by atoms with E-state index in [1.54, 1.807) is 0 Å². The maximum absolute atomic E-state index is 4.38. The van der Waals surface area contributed by atoms with Crippen LogP contribution >= 0.6 is 0 Å². The van der Waals surface area contributed by atoms with E-state index < -0.39 is 0 Å². The number of nitrogens with one attached hydrogen (secondary N) is 2. The zero-order chi connectivity index (χ0) is 18.0. The van der Waals surface area contributed by atoms with Crippen molar-refractivity contribution in [2.24, 2.45) is 0 Å². The highest BCUT2D eigenvalue weighted by Crippen LogP contribution is 2.25. The molecule has 2 aliphatic heterocycles. The van der Waals surface area contributed by atoms with Crippen LogP contribution in [0.25, 0.3) is 11.4 Å². The molecule has 0 fully saturated rings. The Hall–Kier alpha value is -3.28. The molecule has 4 heterocycles. The molecule has 2 aromatic rings. The smallest absolute Gasteiger partial charge is 0.113 e. The number of aromatic nitrogens is 4. The zero-order valence-corrected chi connectivity index (χ0v) is 14.7. The second kappa shape index (κ2) is 6.22. The van der Waals surface area contributed by atoms with E-state index in [0.29, 0.717) is 11.4 Å². The summed E-state index contributed by atoms with van der Waals surface area (Å²) in [4.78, 5) is 0. The van der Waals surface area contributed by atoms with Gasteiger partial charge in [0.25, 0.3) is 0 Å². The van der Waals surface area contributed by atoms with Gasteiger partial charge in [-0.25, -0.2) is 0 Å². The Bertz CT molecular complexity index is 833. The van der Waals surface area contributed by atoms with Crippen LogP contribution in [0.2, 0.25) is 0 Å². The molecule has 0 saturated heterocycles. The van der Waals surface area contributed by atoms with E-state index in [4.69, 9.17) is 0 Å². The third-order valence-electron chi connectivity index (χ3n) is 4.70. The summed E-state index contributed by atoms with van der Waals surface area (Å²) in [7, 11) is 0. The molecule has 6 heteroatoms. The van der Waals surface area contributed by atoms with Crippen LogP contribution in [0.4, 0.5) is 0 Å². The molecule has 0 saturated carbocycles. The van der Waals surface area contributed by atoms with Gasteiger partial charge in [0.2, 0.25) is 0 Å². The second-order valence-corrected chi connectivity index (χ2v) is 6.74. The summed E-state index contributed by atoms with van der Waals surface area (Å²) >= 11 is 0. The highest BCUT2D eigenvalue weighted by molar-refractivity contribution is 5.53. The summed E-state index contributed by atoms with van der Waals surface area (Å²) < 4.78 is 0. The van der Waals surface area contributed by atoms with Crippen molar-refractivity contribution < 1.29 is 0 Å². The number of hydrogen-bond donors (Lipinski definition) is 2. The molecule has 2 atom stereocenters. The van der Waals surface area contributed by atoms with Crippen LogP contribution < -0.4 is 10.6 Å². The minimum absolute atomic E-state index is 0.350. The lowest BCUT2D eigenvalue weighted by Crippen LogP contribution is -2.36. The molecule has 0 amide bonds. The molecule has 0 aromatic carbocycles. The SMILES string of the molecule is CC1(c2ccc(-c3ccc(C4(C)C=CC=CN4)nn3)nn2)C=CC=CN1.